The minimum atomic E-state index is -3.57. The molecule has 0 fully saturated rings. The van der Waals surface area contributed by atoms with Crippen LogP contribution in [0.3, 0.4) is 0 Å². The van der Waals surface area contributed by atoms with Crippen LogP contribution in [-0.4, -0.2) is 44.1 Å². The number of nitrogens with zero attached hydrogens (tertiary/aromatic N) is 1. The number of benzene rings is 1. The Morgan fingerprint density at radius 3 is 2.40 bits per heavy atom. The molecule has 0 heterocycles. The third-order valence-electron chi connectivity index (χ3n) is 3.15. The summed E-state index contributed by atoms with van der Waals surface area (Å²) in [7, 11) is -2.11. The van der Waals surface area contributed by atoms with Crippen LogP contribution in [0.15, 0.2) is 29.2 Å². The molecule has 1 aromatic carbocycles. The molecule has 0 saturated carbocycles. The van der Waals surface area contributed by atoms with E-state index < -0.39 is 16.1 Å². The Balaban J connectivity index is 2.81. The second-order valence-electron chi connectivity index (χ2n) is 4.73. The lowest BCUT2D eigenvalue weighted by molar-refractivity contribution is 0.214. The number of sulfonamides is 1. The first-order valence-corrected chi connectivity index (χ1v) is 8.19. The Hall–Kier alpha value is -1.11. The zero-order valence-corrected chi connectivity index (χ0v) is 13.1. The molecule has 0 radical (unpaired) electrons. The number of aliphatic hydroxyl groups is 1. The van der Waals surface area contributed by atoms with Crippen LogP contribution in [0.25, 0.3) is 0 Å². The molecule has 5 nitrogen and oxygen atoms in total. The van der Waals surface area contributed by atoms with E-state index in [9.17, 15) is 8.42 Å². The molecule has 20 heavy (non-hydrogen) atoms. The summed E-state index contributed by atoms with van der Waals surface area (Å²) in [5, 5.41) is 9.05. The third kappa shape index (κ3) is 4.19. The summed E-state index contributed by atoms with van der Waals surface area (Å²) in [5.74, 6) is 0.662. The van der Waals surface area contributed by atoms with Gasteiger partial charge in [0.05, 0.1) is 18.1 Å². The molecule has 0 aliphatic carbocycles. The van der Waals surface area contributed by atoms with Crippen molar-refractivity contribution >= 4 is 10.0 Å². The average molecular weight is 301 g/mol. The van der Waals surface area contributed by atoms with Gasteiger partial charge in [-0.2, -0.15) is 4.31 Å². The van der Waals surface area contributed by atoms with Gasteiger partial charge in [0.25, 0.3) is 0 Å². The van der Waals surface area contributed by atoms with Crippen LogP contribution in [0, 0.1) is 0 Å². The van der Waals surface area contributed by atoms with Crippen LogP contribution in [0.5, 0.6) is 5.75 Å². The molecule has 1 N–H and O–H groups in total. The summed E-state index contributed by atoms with van der Waals surface area (Å²) in [5.41, 5.74) is 0. The molecule has 6 heteroatoms. The first-order chi connectivity index (χ1) is 9.43. The van der Waals surface area contributed by atoms with Crippen molar-refractivity contribution in [2.75, 3.05) is 20.3 Å². The Kier molecular flexibility index (Phi) is 6.45. The second kappa shape index (κ2) is 7.61. The smallest absolute Gasteiger partial charge is 0.243 e. The molecule has 0 aromatic heterocycles. The summed E-state index contributed by atoms with van der Waals surface area (Å²) >= 11 is 0. The molecule has 0 aliphatic rings. The van der Waals surface area contributed by atoms with Crippen molar-refractivity contribution in [1.82, 2.24) is 4.31 Å². The molecule has 1 aromatic rings. The minimum absolute atomic E-state index is 0.197. The normalized spacial score (nSPS) is 13.4. The van der Waals surface area contributed by atoms with Crippen LogP contribution < -0.4 is 4.74 Å². The van der Waals surface area contributed by atoms with Crippen molar-refractivity contribution in [3.63, 3.8) is 0 Å². The summed E-state index contributed by atoms with van der Waals surface area (Å²) in [6.45, 7) is 4.15. The van der Waals surface area contributed by atoms with Gasteiger partial charge in [-0.15, -0.1) is 0 Å². The summed E-state index contributed by atoms with van der Waals surface area (Å²) in [6.07, 6.45) is 2.02. The van der Waals surface area contributed by atoms with Crippen molar-refractivity contribution in [3.05, 3.63) is 24.3 Å². The number of ether oxygens (including phenoxy) is 1. The predicted molar refractivity (Wildman–Crippen MR) is 78.3 cm³/mol. The van der Waals surface area contributed by atoms with E-state index in [0.29, 0.717) is 12.4 Å². The zero-order chi connectivity index (χ0) is 15.2. The molecule has 1 rings (SSSR count). The van der Waals surface area contributed by atoms with Crippen molar-refractivity contribution in [2.45, 2.75) is 37.6 Å². The van der Waals surface area contributed by atoms with Crippen LogP contribution in [-0.2, 0) is 10.0 Å². The fourth-order valence-corrected chi connectivity index (χ4v) is 2.91. The molecule has 0 unspecified atom stereocenters. The van der Waals surface area contributed by atoms with E-state index in [1.807, 2.05) is 0 Å². The lowest BCUT2D eigenvalue weighted by Gasteiger charge is -2.22. The van der Waals surface area contributed by atoms with Gasteiger partial charge < -0.3 is 9.84 Å². The lowest BCUT2D eigenvalue weighted by Crippen LogP contribution is -2.37. The first-order valence-electron chi connectivity index (χ1n) is 6.75. The number of likely N-dealkylation sites (N-methyl/N-ethyl adjacent to an activating group) is 1. The van der Waals surface area contributed by atoms with Crippen molar-refractivity contribution in [3.8, 4) is 5.75 Å². The second-order valence-corrected chi connectivity index (χ2v) is 6.72. The quantitative estimate of drug-likeness (QED) is 0.744. The van der Waals surface area contributed by atoms with Crippen LogP contribution in [0.2, 0.25) is 0 Å². The Labute approximate surface area is 121 Å². The maximum atomic E-state index is 12.3. The van der Waals surface area contributed by atoms with Crippen molar-refractivity contribution in [2.24, 2.45) is 0 Å². The van der Waals surface area contributed by atoms with Gasteiger partial charge >= 0.3 is 0 Å². The number of rotatable bonds is 8. The first kappa shape index (κ1) is 16.9. The Morgan fingerprint density at radius 1 is 1.30 bits per heavy atom. The number of aliphatic hydroxyl groups excluding tert-OH is 1. The van der Waals surface area contributed by atoms with E-state index in [2.05, 4.69) is 6.92 Å². The van der Waals surface area contributed by atoms with E-state index in [4.69, 9.17) is 9.84 Å². The van der Waals surface area contributed by atoms with E-state index in [0.717, 1.165) is 12.8 Å². The number of unbranched alkanes of at least 4 members (excludes halogenated alkanes) is 1. The van der Waals surface area contributed by atoms with Crippen LogP contribution >= 0.6 is 0 Å². The van der Waals surface area contributed by atoms with Gasteiger partial charge in [-0.3, -0.25) is 0 Å². The lowest BCUT2D eigenvalue weighted by atomic mass is 10.3. The highest BCUT2D eigenvalue weighted by atomic mass is 32.2. The van der Waals surface area contributed by atoms with E-state index >= 15 is 0 Å². The predicted octanol–water partition coefficient (Wildman–Crippen LogP) is 1.87. The van der Waals surface area contributed by atoms with Gasteiger partial charge in [0, 0.05) is 13.1 Å². The molecular formula is C14H23NO4S. The SMILES string of the molecule is CCCCOc1ccc(S(=O)(=O)N(C)[C@H](C)CO)cc1. The highest BCUT2D eigenvalue weighted by molar-refractivity contribution is 7.89. The largest absolute Gasteiger partial charge is 0.494 e. The van der Waals surface area contributed by atoms with Gasteiger partial charge in [0.2, 0.25) is 10.0 Å². The van der Waals surface area contributed by atoms with Gasteiger partial charge in [-0.05, 0) is 37.6 Å². The summed E-state index contributed by atoms with van der Waals surface area (Å²) in [6, 6.07) is 5.90. The molecule has 0 amide bonds. The fourth-order valence-electron chi connectivity index (χ4n) is 1.56. The average Bonchev–Trinajstić information content (AvgIpc) is 2.46. The Morgan fingerprint density at radius 2 is 1.90 bits per heavy atom. The molecule has 114 valence electrons. The van der Waals surface area contributed by atoms with Crippen LogP contribution in [0.4, 0.5) is 0 Å². The fraction of sp³-hybridized carbons (Fsp3) is 0.571. The van der Waals surface area contributed by atoms with E-state index in [1.54, 1.807) is 19.1 Å². The monoisotopic (exact) mass is 301 g/mol. The number of hydrogen-bond acceptors (Lipinski definition) is 4. The van der Waals surface area contributed by atoms with Gasteiger partial charge in [0.15, 0.2) is 0 Å². The molecule has 1 atom stereocenters. The van der Waals surface area contributed by atoms with E-state index in [1.165, 1.54) is 23.5 Å². The van der Waals surface area contributed by atoms with Gasteiger partial charge in [-0.1, -0.05) is 13.3 Å². The molecule has 0 bridgehead atoms. The van der Waals surface area contributed by atoms with Gasteiger partial charge in [-0.25, -0.2) is 8.42 Å². The highest BCUT2D eigenvalue weighted by Gasteiger charge is 2.24. The van der Waals surface area contributed by atoms with Crippen LogP contribution in [0.1, 0.15) is 26.7 Å². The topological polar surface area (TPSA) is 66.8 Å². The summed E-state index contributed by atoms with van der Waals surface area (Å²) < 4.78 is 31.2. The third-order valence-corrected chi connectivity index (χ3v) is 5.14. The van der Waals surface area contributed by atoms with Gasteiger partial charge in [0.1, 0.15) is 5.75 Å². The highest BCUT2D eigenvalue weighted by Crippen LogP contribution is 2.20. The summed E-state index contributed by atoms with van der Waals surface area (Å²) in [4.78, 5) is 0.197. The number of hydrogen-bond donors (Lipinski definition) is 1. The zero-order valence-electron chi connectivity index (χ0n) is 12.2. The molecule has 0 aliphatic heterocycles. The molecule has 0 saturated heterocycles. The maximum Gasteiger partial charge on any atom is 0.243 e. The van der Waals surface area contributed by atoms with E-state index in [-0.39, 0.29) is 11.5 Å². The minimum Gasteiger partial charge on any atom is -0.494 e. The molecule has 0 spiro atoms. The van der Waals surface area contributed by atoms with Crippen molar-refractivity contribution in [1.29, 1.82) is 0 Å². The molecular weight excluding hydrogens is 278 g/mol. The standard InChI is InChI=1S/C14H23NO4S/c1-4-5-10-19-13-6-8-14(9-7-13)20(17,18)15(3)12(2)11-16/h6-9,12,16H,4-5,10-11H2,1-3H3/t12-/m1/s1. The Bertz CT molecular complexity index is 498. The maximum absolute atomic E-state index is 12.3. The van der Waals surface area contributed by atoms with Crippen molar-refractivity contribution < 1.29 is 18.3 Å².